The van der Waals surface area contributed by atoms with Gasteiger partial charge in [0.25, 0.3) is 0 Å². The number of rotatable bonds is 13. The Morgan fingerprint density at radius 1 is 1.26 bits per heavy atom. The van der Waals surface area contributed by atoms with E-state index in [2.05, 4.69) is 27.2 Å². The number of carboxylic acid groups (broad SMARTS) is 1. The molecule has 0 aliphatic carbocycles. The van der Waals surface area contributed by atoms with Crippen molar-refractivity contribution in [1.82, 2.24) is 24.1 Å². The number of nitrogens with one attached hydrogen (secondary N) is 1. The quantitative estimate of drug-likeness (QED) is 0.113. The predicted molar refractivity (Wildman–Crippen MR) is 152 cm³/mol. The number of aromatic carboxylic acids is 1. The van der Waals surface area contributed by atoms with Crippen molar-refractivity contribution in [1.29, 1.82) is 0 Å². The summed E-state index contributed by atoms with van der Waals surface area (Å²) in [5, 5.41) is 15.9. The Morgan fingerprint density at radius 3 is 2.72 bits per heavy atom. The largest absolute Gasteiger partial charge is 0.478 e. The van der Waals surface area contributed by atoms with Crippen molar-refractivity contribution in [3.8, 4) is 11.8 Å². The molecule has 4 heterocycles. The maximum absolute atomic E-state index is 15.4. The van der Waals surface area contributed by atoms with E-state index in [-0.39, 0.29) is 52.7 Å². The van der Waals surface area contributed by atoms with Crippen LogP contribution in [0.4, 0.5) is 23.2 Å². The number of fused-ring (bicyclic) bond motifs is 1. The van der Waals surface area contributed by atoms with Gasteiger partial charge in [0.1, 0.15) is 16.9 Å². The van der Waals surface area contributed by atoms with Crippen LogP contribution in [0.15, 0.2) is 35.7 Å². The van der Waals surface area contributed by atoms with Gasteiger partial charge in [-0.2, -0.15) is 18.3 Å². The van der Waals surface area contributed by atoms with Gasteiger partial charge in [0.2, 0.25) is 0 Å². The van der Waals surface area contributed by atoms with Gasteiger partial charge in [0, 0.05) is 43.9 Å². The van der Waals surface area contributed by atoms with Crippen molar-refractivity contribution in [2.45, 2.75) is 35.7 Å². The van der Waals surface area contributed by atoms with Crippen molar-refractivity contribution in [3.05, 3.63) is 42.0 Å². The summed E-state index contributed by atoms with van der Waals surface area (Å²) in [5.41, 5.74) is 1.53. The number of pyridine rings is 1. The van der Waals surface area contributed by atoms with Gasteiger partial charge >= 0.3 is 11.5 Å². The lowest BCUT2D eigenvalue weighted by Gasteiger charge is -2.40. The molecule has 0 bridgehead atoms. The molecule has 0 amide bonds. The molecular weight excluding hydrogens is 594 g/mol. The van der Waals surface area contributed by atoms with E-state index < -0.39 is 23.7 Å². The predicted octanol–water partition coefficient (Wildman–Crippen LogP) is 2.95. The van der Waals surface area contributed by atoms with E-state index in [0.29, 0.717) is 51.6 Å². The molecule has 0 radical (unpaired) electrons. The second kappa shape index (κ2) is 14.9. The number of aromatic nitrogens is 4. The lowest BCUT2D eigenvalue weighted by Crippen LogP contribution is -2.53. The van der Waals surface area contributed by atoms with Crippen LogP contribution < -0.4 is 11.1 Å². The molecule has 0 spiro atoms. The number of carbonyl (C=O) groups is 1. The number of hydrogen-bond acceptors (Lipinski definition) is 9. The monoisotopic (exact) mass is 627 g/mol. The number of ether oxygens (including phenoxy) is 2. The Balaban J connectivity index is 1.35. The SMILES string of the molecule is CN1CC(F)C(Nc2cccn3c(SC(F)(F)F)c(C#CCN)nc23)C(CCOCCOCCn2cc(C(=O)O)cn2)C1. The number of carboxylic acids is 1. The molecule has 234 valence electrons. The molecule has 11 nitrogen and oxygen atoms in total. The highest BCUT2D eigenvalue weighted by molar-refractivity contribution is 8.00. The molecule has 3 unspecified atom stereocenters. The molecule has 16 heteroatoms. The maximum atomic E-state index is 15.4. The van der Waals surface area contributed by atoms with Gasteiger partial charge in [-0.15, -0.1) is 0 Å². The first kappa shape index (κ1) is 32.6. The number of anilines is 1. The zero-order valence-electron chi connectivity index (χ0n) is 23.4. The van der Waals surface area contributed by atoms with Crippen LogP contribution in [0.1, 0.15) is 22.5 Å². The minimum atomic E-state index is -4.56. The Bertz CT molecular complexity index is 1440. The number of imidazole rings is 1. The Labute approximate surface area is 249 Å². The first-order valence-corrected chi connectivity index (χ1v) is 14.3. The van der Waals surface area contributed by atoms with Crippen LogP contribution >= 0.6 is 11.8 Å². The highest BCUT2D eigenvalue weighted by Gasteiger charge is 2.37. The molecule has 4 N–H and O–H groups in total. The average molecular weight is 628 g/mol. The third-order valence-corrected chi connectivity index (χ3v) is 7.54. The maximum Gasteiger partial charge on any atom is 0.447 e. The van der Waals surface area contributed by atoms with Crippen LogP contribution in [-0.4, -0.2) is 106 Å². The number of nitrogens with zero attached hydrogens (tertiary/aromatic N) is 5. The molecule has 1 aliphatic rings. The molecule has 1 saturated heterocycles. The van der Waals surface area contributed by atoms with Gasteiger partial charge in [-0.3, -0.25) is 9.08 Å². The molecule has 1 aliphatic heterocycles. The van der Waals surface area contributed by atoms with Crippen molar-refractivity contribution in [3.63, 3.8) is 0 Å². The van der Waals surface area contributed by atoms with Gasteiger partial charge in [-0.1, -0.05) is 5.92 Å². The zero-order chi connectivity index (χ0) is 31.0. The van der Waals surface area contributed by atoms with E-state index in [1.54, 1.807) is 12.1 Å². The Kier molecular flexibility index (Phi) is 11.3. The molecule has 4 rings (SSSR count). The molecule has 0 saturated carbocycles. The van der Waals surface area contributed by atoms with Crippen LogP contribution in [0.3, 0.4) is 0 Å². The average Bonchev–Trinajstić information content (AvgIpc) is 3.55. The minimum absolute atomic E-state index is 0.0370. The van der Waals surface area contributed by atoms with Crippen molar-refractivity contribution < 1.29 is 36.9 Å². The first-order chi connectivity index (χ1) is 20.6. The second-order valence-corrected chi connectivity index (χ2v) is 11.0. The van der Waals surface area contributed by atoms with Crippen LogP contribution in [0.5, 0.6) is 0 Å². The van der Waals surface area contributed by atoms with Gasteiger partial charge in [-0.25, -0.2) is 14.2 Å². The number of thioether (sulfide) groups is 1. The Hall–Kier alpha value is -3.36. The smallest absolute Gasteiger partial charge is 0.447 e. The summed E-state index contributed by atoms with van der Waals surface area (Å²) < 4.78 is 69.4. The first-order valence-electron chi connectivity index (χ1n) is 13.5. The normalized spacial score (nSPS) is 19.3. The number of nitrogens with two attached hydrogens (primary N) is 1. The van der Waals surface area contributed by atoms with Gasteiger partial charge in [0.15, 0.2) is 5.65 Å². The number of piperidine rings is 1. The van der Waals surface area contributed by atoms with Crippen LogP contribution in [0.2, 0.25) is 0 Å². The summed E-state index contributed by atoms with van der Waals surface area (Å²) in [6, 6.07) is 2.61. The number of hydrogen-bond donors (Lipinski definition) is 3. The fraction of sp³-hybridized carbons (Fsp3) is 0.519. The summed E-state index contributed by atoms with van der Waals surface area (Å²) in [6.45, 7) is 2.48. The van der Waals surface area contributed by atoms with E-state index in [1.807, 2.05) is 11.9 Å². The summed E-state index contributed by atoms with van der Waals surface area (Å²) in [7, 11) is 1.84. The fourth-order valence-corrected chi connectivity index (χ4v) is 5.51. The molecule has 3 aromatic heterocycles. The van der Waals surface area contributed by atoms with Crippen molar-refractivity contribution in [2.24, 2.45) is 11.7 Å². The molecular formula is C27H33F4N7O4S. The summed E-state index contributed by atoms with van der Waals surface area (Å²) >= 11 is -0.312. The summed E-state index contributed by atoms with van der Waals surface area (Å²) in [6.07, 6.45) is 3.45. The van der Waals surface area contributed by atoms with Crippen LogP contribution in [-0.2, 0) is 16.0 Å². The van der Waals surface area contributed by atoms with Crippen molar-refractivity contribution >= 4 is 29.1 Å². The summed E-state index contributed by atoms with van der Waals surface area (Å²) in [4.78, 5) is 17.2. The third kappa shape index (κ3) is 9.07. The lowest BCUT2D eigenvalue weighted by atomic mass is 9.88. The minimum Gasteiger partial charge on any atom is -0.478 e. The van der Waals surface area contributed by atoms with Gasteiger partial charge < -0.3 is 30.5 Å². The third-order valence-electron chi connectivity index (χ3n) is 6.73. The Morgan fingerprint density at radius 2 is 2.02 bits per heavy atom. The topological polar surface area (TPSA) is 132 Å². The van der Waals surface area contributed by atoms with E-state index in [9.17, 15) is 18.0 Å². The zero-order valence-corrected chi connectivity index (χ0v) is 24.2. The number of likely N-dealkylation sites (tertiary alicyclic amines) is 1. The summed E-state index contributed by atoms with van der Waals surface area (Å²) in [5.74, 6) is 3.97. The van der Waals surface area contributed by atoms with E-state index >= 15 is 4.39 Å². The van der Waals surface area contributed by atoms with E-state index in [0.717, 1.165) is 0 Å². The highest BCUT2D eigenvalue weighted by atomic mass is 32.2. The number of alkyl halides is 4. The molecule has 0 aromatic carbocycles. The van der Waals surface area contributed by atoms with Gasteiger partial charge in [-0.05, 0) is 37.4 Å². The second-order valence-electron chi connectivity index (χ2n) is 9.91. The standard InChI is InChI=1S/C27H33F4N7O4S/c1-36-15-18(6-10-41-12-13-42-11-9-37-16-19(14-33-37)26(39)40)23(20(28)17-36)34-21-5-3-8-38-24(21)35-22(4-2-7-32)25(38)43-27(29,30)31/h3,5,8,14,16,18,20,23,34H,6-7,9-13,15,17,32H2,1H3,(H,39,40). The lowest BCUT2D eigenvalue weighted by molar-refractivity contribution is -0.0330. The van der Waals surface area contributed by atoms with E-state index in [4.69, 9.17) is 20.3 Å². The van der Waals surface area contributed by atoms with Crippen molar-refractivity contribution in [2.75, 3.05) is 58.4 Å². The van der Waals surface area contributed by atoms with Crippen LogP contribution in [0.25, 0.3) is 5.65 Å². The molecule has 3 atom stereocenters. The fourth-order valence-electron chi connectivity index (χ4n) is 4.85. The molecule has 43 heavy (non-hydrogen) atoms. The molecule has 1 fully saturated rings. The highest BCUT2D eigenvalue weighted by Crippen LogP contribution is 2.40. The van der Waals surface area contributed by atoms with Crippen LogP contribution in [0, 0.1) is 17.8 Å². The van der Waals surface area contributed by atoms with Gasteiger partial charge in [0.05, 0.1) is 56.4 Å². The van der Waals surface area contributed by atoms with E-state index in [1.165, 1.54) is 27.7 Å². The number of halogens is 4. The molecule has 3 aromatic rings.